The van der Waals surface area contributed by atoms with Crippen LogP contribution in [-0.2, 0) is 6.42 Å². The van der Waals surface area contributed by atoms with Crippen molar-refractivity contribution in [3.05, 3.63) is 17.5 Å². The van der Waals surface area contributed by atoms with Crippen LogP contribution in [0.5, 0.6) is 0 Å². The van der Waals surface area contributed by atoms with Gasteiger partial charge in [-0.3, -0.25) is 10.1 Å². The Kier molecular flexibility index (Phi) is 14.1. The van der Waals surface area contributed by atoms with Gasteiger partial charge in [0.2, 0.25) is 0 Å². The topological polar surface area (TPSA) is 65.1 Å². The molecule has 0 fully saturated rings. The van der Waals surface area contributed by atoms with Crippen LogP contribution in [0.4, 0.5) is 0 Å². The molecule has 5 nitrogen and oxygen atoms in total. The Morgan fingerprint density at radius 3 is 2.62 bits per heavy atom. The Morgan fingerprint density at radius 1 is 1.25 bits per heavy atom. The van der Waals surface area contributed by atoms with Crippen molar-refractivity contribution in [1.82, 2.24) is 20.8 Å². The summed E-state index contributed by atoms with van der Waals surface area (Å²) in [6.45, 7) is 11.5. The summed E-state index contributed by atoms with van der Waals surface area (Å²) in [6.07, 6.45) is 9.13. The molecule has 1 aromatic rings. The molecule has 1 aromatic heterocycles. The average molecular weight is 449 g/mol. The van der Waals surface area contributed by atoms with Crippen molar-refractivity contribution in [3.63, 3.8) is 0 Å². The summed E-state index contributed by atoms with van der Waals surface area (Å²) in [6, 6.07) is 0. The van der Waals surface area contributed by atoms with Crippen LogP contribution in [0.25, 0.3) is 0 Å². The maximum absolute atomic E-state index is 4.77. The molecule has 6 heteroatoms. The summed E-state index contributed by atoms with van der Waals surface area (Å²) in [7, 11) is 0. The maximum atomic E-state index is 4.77. The van der Waals surface area contributed by atoms with Crippen LogP contribution in [0.2, 0.25) is 0 Å². The molecule has 24 heavy (non-hydrogen) atoms. The van der Waals surface area contributed by atoms with Gasteiger partial charge < -0.3 is 10.6 Å². The normalized spacial score (nSPS) is 12.6. The molecule has 0 aliphatic carbocycles. The van der Waals surface area contributed by atoms with Crippen molar-refractivity contribution in [2.45, 2.75) is 66.2 Å². The molecule has 0 amide bonds. The number of hydrogen-bond donors (Lipinski definition) is 3. The van der Waals surface area contributed by atoms with Crippen molar-refractivity contribution >= 4 is 29.9 Å². The van der Waals surface area contributed by atoms with E-state index in [9.17, 15) is 0 Å². The Labute approximate surface area is 164 Å². The third-order valence-corrected chi connectivity index (χ3v) is 4.24. The SMILES string of the molecule is CCCCC(CC)CN=C(NCC)NCCCc1cn[nH]c1C.I. The molecule has 0 saturated carbocycles. The molecule has 3 N–H and O–H groups in total. The molecule has 0 spiro atoms. The van der Waals surface area contributed by atoms with Crippen LogP contribution in [-0.4, -0.2) is 35.8 Å². The minimum atomic E-state index is 0. The number of guanidine groups is 1. The molecule has 0 aromatic carbocycles. The lowest BCUT2D eigenvalue weighted by Gasteiger charge is -2.15. The maximum Gasteiger partial charge on any atom is 0.191 e. The summed E-state index contributed by atoms with van der Waals surface area (Å²) in [5.74, 6) is 1.66. The molecule has 0 saturated heterocycles. The predicted octanol–water partition coefficient (Wildman–Crippen LogP) is 4.04. The van der Waals surface area contributed by atoms with Gasteiger partial charge in [0.15, 0.2) is 5.96 Å². The van der Waals surface area contributed by atoms with E-state index in [1.165, 1.54) is 36.9 Å². The molecule has 140 valence electrons. The number of hydrogen-bond acceptors (Lipinski definition) is 2. The van der Waals surface area contributed by atoms with Crippen LogP contribution in [0.3, 0.4) is 0 Å². The zero-order valence-electron chi connectivity index (χ0n) is 15.8. The zero-order chi connectivity index (χ0) is 16.9. The van der Waals surface area contributed by atoms with Gasteiger partial charge in [-0.2, -0.15) is 5.10 Å². The lowest BCUT2D eigenvalue weighted by Crippen LogP contribution is -2.38. The second-order valence-corrected chi connectivity index (χ2v) is 6.19. The summed E-state index contributed by atoms with van der Waals surface area (Å²) >= 11 is 0. The fourth-order valence-electron chi connectivity index (χ4n) is 2.59. The van der Waals surface area contributed by atoms with Gasteiger partial charge in [-0.1, -0.05) is 33.1 Å². The monoisotopic (exact) mass is 449 g/mol. The molecular weight excluding hydrogens is 413 g/mol. The first kappa shape index (κ1) is 23.2. The fourth-order valence-corrected chi connectivity index (χ4v) is 2.59. The van der Waals surface area contributed by atoms with E-state index in [1.807, 2.05) is 6.20 Å². The summed E-state index contributed by atoms with van der Waals surface area (Å²) in [4.78, 5) is 4.77. The summed E-state index contributed by atoms with van der Waals surface area (Å²) in [5.41, 5.74) is 2.48. The molecule has 1 unspecified atom stereocenters. The second kappa shape index (κ2) is 14.5. The number of aromatic nitrogens is 2. The number of aliphatic imine (C=N–C) groups is 1. The van der Waals surface area contributed by atoms with E-state index in [-0.39, 0.29) is 24.0 Å². The first-order chi connectivity index (χ1) is 11.2. The van der Waals surface area contributed by atoms with E-state index >= 15 is 0 Å². The number of aromatic amines is 1. The second-order valence-electron chi connectivity index (χ2n) is 6.19. The number of halogens is 1. The lowest BCUT2D eigenvalue weighted by molar-refractivity contribution is 0.461. The average Bonchev–Trinajstić information content (AvgIpc) is 2.96. The van der Waals surface area contributed by atoms with Crippen molar-refractivity contribution in [1.29, 1.82) is 0 Å². The van der Waals surface area contributed by atoms with Gasteiger partial charge in [0.1, 0.15) is 0 Å². The summed E-state index contributed by atoms with van der Waals surface area (Å²) in [5, 5.41) is 13.8. The molecule has 0 aliphatic rings. The van der Waals surface area contributed by atoms with E-state index in [4.69, 9.17) is 4.99 Å². The number of nitrogens with one attached hydrogen (secondary N) is 3. The van der Waals surface area contributed by atoms with Gasteiger partial charge in [-0.15, -0.1) is 24.0 Å². The fraction of sp³-hybridized carbons (Fsp3) is 0.778. The van der Waals surface area contributed by atoms with Gasteiger partial charge in [-0.05, 0) is 44.6 Å². The van der Waals surface area contributed by atoms with Gasteiger partial charge in [-0.25, -0.2) is 0 Å². The van der Waals surface area contributed by atoms with Gasteiger partial charge in [0.05, 0.1) is 6.20 Å². The van der Waals surface area contributed by atoms with E-state index in [0.717, 1.165) is 38.4 Å². The summed E-state index contributed by atoms with van der Waals surface area (Å²) < 4.78 is 0. The number of H-pyrrole nitrogens is 1. The van der Waals surface area contributed by atoms with Gasteiger partial charge >= 0.3 is 0 Å². The number of rotatable bonds is 11. The number of unbranched alkanes of at least 4 members (excludes halogenated alkanes) is 1. The molecule has 1 rings (SSSR count). The van der Waals surface area contributed by atoms with Crippen LogP contribution < -0.4 is 10.6 Å². The van der Waals surface area contributed by atoms with Crippen molar-refractivity contribution in [3.8, 4) is 0 Å². The smallest absolute Gasteiger partial charge is 0.191 e. The Morgan fingerprint density at radius 2 is 2.04 bits per heavy atom. The van der Waals surface area contributed by atoms with Crippen LogP contribution >= 0.6 is 24.0 Å². The Balaban J connectivity index is 0.00000529. The molecule has 0 radical (unpaired) electrons. The van der Waals surface area contributed by atoms with E-state index < -0.39 is 0 Å². The predicted molar refractivity (Wildman–Crippen MR) is 114 cm³/mol. The quantitative estimate of drug-likeness (QED) is 0.207. The molecule has 1 heterocycles. The first-order valence-electron chi connectivity index (χ1n) is 9.22. The molecular formula is C18H36IN5. The number of aryl methyl sites for hydroxylation is 2. The zero-order valence-corrected chi connectivity index (χ0v) is 18.2. The van der Waals surface area contributed by atoms with E-state index in [1.54, 1.807) is 0 Å². The standard InChI is InChI=1S/C18H35N5.HI/c1-5-8-10-16(6-2)13-21-18(19-7-3)20-12-9-11-17-14-22-23-15(17)4;/h14,16H,5-13H2,1-4H3,(H,22,23)(H2,19,20,21);1H. The molecule has 0 aliphatic heterocycles. The van der Waals surface area contributed by atoms with Gasteiger partial charge in [0, 0.05) is 25.3 Å². The first-order valence-corrected chi connectivity index (χ1v) is 9.22. The Hall–Kier alpha value is -0.790. The highest BCUT2D eigenvalue weighted by atomic mass is 127. The third-order valence-electron chi connectivity index (χ3n) is 4.24. The lowest BCUT2D eigenvalue weighted by atomic mass is 10.00. The highest BCUT2D eigenvalue weighted by molar-refractivity contribution is 14.0. The van der Waals surface area contributed by atoms with E-state index in [2.05, 4.69) is 48.5 Å². The highest BCUT2D eigenvalue weighted by Gasteiger charge is 2.06. The minimum absolute atomic E-state index is 0. The van der Waals surface area contributed by atoms with Crippen LogP contribution in [0.15, 0.2) is 11.2 Å². The third kappa shape index (κ3) is 9.49. The molecule has 0 bridgehead atoms. The minimum Gasteiger partial charge on any atom is -0.357 e. The molecule has 1 atom stereocenters. The van der Waals surface area contributed by atoms with Crippen molar-refractivity contribution in [2.24, 2.45) is 10.9 Å². The van der Waals surface area contributed by atoms with Crippen molar-refractivity contribution < 1.29 is 0 Å². The van der Waals surface area contributed by atoms with Crippen LogP contribution in [0.1, 0.15) is 64.1 Å². The largest absolute Gasteiger partial charge is 0.357 e. The van der Waals surface area contributed by atoms with Crippen molar-refractivity contribution in [2.75, 3.05) is 19.6 Å². The van der Waals surface area contributed by atoms with E-state index in [0.29, 0.717) is 5.92 Å². The van der Waals surface area contributed by atoms with Crippen LogP contribution in [0, 0.1) is 12.8 Å². The highest BCUT2D eigenvalue weighted by Crippen LogP contribution is 2.12. The number of nitrogens with zero attached hydrogens (tertiary/aromatic N) is 2. The Bertz CT molecular complexity index is 444. The van der Waals surface area contributed by atoms with Gasteiger partial charge in [0.25, 0.3) is 0 Å².